The van der Waals surface area contributed by atoms with Crippen LogP contribution < -0.4 is 15.0 Å². The van der Waals surface area contributed by atoms with E-state index in [9.17, 15) is 15.2 Å². The molecule has 0 unspecified atom stereocenters. The number of hydrogen-bond donors (Lipinski definition) is 2. The first-order chi connectivity index (χ1) is 27.9. The molecule has 0 amide bonds. The van der Waals surface area contributed by atoms with Crippen LogP contribution in [0.2, 0.25) is 16.6 Å². The number of aryl methyl sites for hydroxylation is 1. The average Bonchev–Trinajstić information content (AvgIpc) is 3.82. The number of aliphatic hydroxyl groups is 1. The lowest BCUT2D eigenvalue weighted by Gasteiger charge is -2.42. The van der Waals surface area contributed by atoms with Crippen molar-refractivity contribution in [3.63, 3.8) is 0 Å². The Hall–Kier alpha value is -4.87. The molecular formula is C42H58N8O7Si. The van der Waals surface area contributed by atoms with Crippen LogP contribution in [0.3, 0.4) is 0 Å². The van der Waals surface area contributed by atoms with Crippen LogP contribution in [0.25, 0.3) is 33.6 Å². The standard InChI is InChI=1S/C42H58N8O7Si/c1-28(2)58(29(3)4,30(5)6)57-22-9-10-39-46-40(32-12-11-31-14-23-56-37(31)24-32)41(49(39)27-54-7)33-13-15-43-42(44-33)45-34-25-36(50(52)53)35(26-38(34)55-8)48-18-16-47(17-19-48)20-21-51/h11-15,23-26,28-30,51H,9-10,16-22,27H2,1-8H3,(H,43,44,45). The van der Waals surface area contributed by atoms with Crippen LogP contribution in [-0.4, -0.2) is 103 Å². The number of methoxy groups -OCH3 is 2. The fourth-order valence-corrected chi connectivity index (χ4v) is 14.2. The minimum Gasteiger partial charge on any atom is -0.494 e. The lowest BCUT2D eigenvalue weighted by atomic mass is 10.1. The van der Waals surface area contributed by atoms with E-state index in [4.69, 9.17) is 28.3 Å². The molecule has 3 aromatic heterocycles. The zero-order valence-corrected chi connectivity index (χ0v) is 36.0. The highest BCUT2D eigenvalue weighted by atomic mass is 28.4. The Bertz CT molecular complexity index is 2140. The van der Waals surface area contributed by atoms with E-state index in [0.717, 1.165) is 34.5 Å². The number of aliphatic hydroxyl groups excluding tert-OH is 1. The molecule has 15 nitrogen and oxygen atoms in total. The van der Waals surface area contributed by atoms with Gasteiger partial charge in [-0.2, -0.15) is 0 Å². The number of imidazole rings is 1. The van der Waals surface area contributed by atoms with Crippen LogP contribution in [0, 0.1) is 10.1 Å². The second-order valence-electron chi connectivity index (χ2n) is 15.8. The normalized spacial score (nSPS) is 14.0. The summed E-state index contributed by atoms with van der Waals surface area (Å²) in [6, 6.07) is 12.9. The number of piperazine rings is 1. The molecule has 2 N–H and O–H groups in total. The van der Waals surface area contributed by atoms with Gasteiger partial charge in [-0.05, 0) is 41.2 Å². The molecule has 1 aliphatic heterocycles. The molecule has 6 rings (SSSR count). The van der Waals surface area contributed by atoms with Crippen LogP contribution in [0.4, 0.5) is 23.0 Å². The second-order valence-corrected chi connectivity index (χ2v) is 21.2. The van der Waals surface area contributed by atoms with Gasteiger partial charge in [0.05, 0.1) is 47.7 Å². The van der Waals surface area contributed by atoms with Crippen molar-refractivity contribution in [1.29, 1.82) is 0 Å². The Labute approximate surface area is 341 Å². The van der Waals surface area contributed by atoms with Gasteiger partial charge in [0.1, 0.15) is 29.6 Å². The molecule has 0 spiro atoms. The average molecular weight is 815 g/mol. The Morgan fingerprint density at radius 2 is 1.72 bits per heavy atom. The summed E-state index contributed by atoms with van der Waals surface area (Å²) in [7, 11) is 1.14. The van der Waals surface area contributed by atoms with Crippen LogP contribution in [0.1, 0.15) is 53.8 Å². The van der Waals surface area contributed by atoms with Gasteiger partial charge in [0, 0.05) is 82.1 Å². The Balaban J connectivity index is 1.35. The number of fused-ring (bicyclic) bond motifs is 1. The van der Waals surface area contributed by atoms with Gasteiger partial charge in [0.25, 0.3) is 5.69 Å². The zero-order valence-electron chi connectivity index (χ0n) is 35.0. The number of nitro groups is 1. The minimum absolute atomic E-state index is 0.0625. The van der Waals surface area contributed by atoms with Gasteiger partial charge in [-0.25, -0.2) is 15.0 Å². The fourth-order valence-electron chi connectivity index (χ4n) is 8.75. The first-order valence-electron chi connectivity index (χ1n) is 20.2. The van der Waals surface area contributed by atoms with Crippen molar-refractivity contribution in [2.75, 3.05) is 70.4 Å². The number of β-amino-alcohol motifs (C(OH)–C–C–N with tert-alkyl or cyclic N) is 1. The van der Waals surface area contributed by atoms with Crippen LogP contribution in [0.15, 0.2) is 59.3 Å². The van der Waals surface area contributed by atoms with Gasteiger partial charge in [-0.3, -0.25) is 15.0 Å². The van der Waals surface area contributed by atoms with Crippen molar-refractivity contribution in [2.45, 2.75) is 77.7 Å². The third-order valence-electron chi connectivity index (χ3n) is 11.4. The minimum atomic E-state index is -2.04. The smallest absolute Gasteiger partial charge is 0.294 e. The van der Waals surface area contributed by atoms with E-state index < -0.39 is 8.32 Å². The molecule has 0 saturated carbocycles. The van der Waals surface area contributed by atoms with Crippen molar-refractivity contribution in [2.24, 2.45) is 0 Å². The summed E-state index contributed by atoms with van der Waals surface area (Å²) in [6.45, 7) is 17.8. The molecule has 312 valence electrons. The molecule has 58 heavy (non-hydrogen) atoms. The number of benzene rings is 2. The van der Waals surface area contributed by atoms with Crippen molar-refractivity contribution < 1.29 is 28.3 Å². The molecular weight excluding hydrogens is 757 g/mol. The molecule has 1 aliphatic rings. The van der Waals surface area contributed by atoms with E-state index in [2.05, 4.69) is 56.7 Å². The number of furan rings is 1. The molecule has 16 heteroatoms. The maximum absolute atomic E-state index is 12.4. The van der Waals surface area contributed by atoms with E-state index in [1.807, 2.05) is 39.8 Å². The molecule has 4 heterocycles. The molecule has 5 aromatic rings. The van der Waals surface area contributed by atoms with Crippen molar-refractivity contribution in [3.05, 3.63) is 70.9 Å². The third kappa shape index (κ3) is 8.90. The number of aromatic nitrogens is 4. The highest BCUT2D eigenvalue weighted by Crippen LogP contribution is 2.43. The Kier molecular flexibility index (Phi) is 13.9. The molecule has 0 radical (unpaired) electrons. The molecule has 0 atom stereocenters. The third-order valence-corrected chi connectivity index (χ3v) is 17.5. The monoisotopic (exact) mass is 814 g/mol. The van der Waals surface area contributed by atoms with E-state index in [1.165, 1.54) is 13.2 Å². The van der Waals surface area contributed by atoms with Gasteiger partial charge >= 0.3 is 0 Å². The molecule has 0 bridgehead atoms. The lowest BCUT2D eigenvalue weighted by Crippen LogP contribution is -2.48. The van der Waals surface area contributed by atoms with E-state index in [-0.39, 0.29) is 29.9 Å². The maximum Gasteiger partial charge on any atom is 0.294 e. The van der Waals surface area contributed by atoms with E-state index in [1.54, 1.807) is 25.6 Å². The van der Waals surface area contributed by atoms with Gasteiger partial charge < -0.3 is 38.2 Å². The van der Waals surface area contributed by atoms with E-state index >= 15 is 0 Å². The number of ether oxygens (including phenoxy) is 2. The summed E-state index contributed by atoms with van der Waals surface area (Å²) in [6.07, 6.45) is 4.75. The first kappa shape index (κ1) is 42.7. The summed E-state index contributed by atoms with van der Waals surface area (Å²) in [5.41, 5.74) is 5.84. The summed E-state index contributed by atoms with van der Waals surface area (Å²) in [5.74, 6) is 1.47. The van der Waals surface area contributed by atoms with Crippen LogP contribution in [0.5, 0.6) is 5.75 Å². The van der Waals surface area contributed by atoms with Crippen LogP contribution in [-0.2, 0) is 22.3 Å². The van der Waals surface area contributed by atoms with Crippen LogP contribution >= 0.6 is 0 Å². The summed E-state index contributed by atoms with van der Waals surface area (Å²) < 4.78 is 26.3. The fraction of sp³-hybridized carbons (Fsp3) is 0.500. The number of rotatable bonds is 19. The van der Waals surface area contributed by atoms with Gasteiger partial charge in [0.2, 0.25) is 5.95 Å². The van der Waals surface area contributed by atoms with Gasteiger partial charge in [-0.15, -0.1) is 0 Å². The molecule has 0 aliphatic carbocycles. The number of nitrogens with zero attached hydrogens (tertiary/aromatic N) is 7. The number of nitro benzene ring substituents is 1. The molecule has 1 fully saturated rings. The lowest BCUT2D eigenvalue weighted by molar-refractivity contribution is -0.384. The highest BCUT2D eigenvalue weighted by Gasteiger charge is 2.44. The SMILES string of the molecule is COCn1c(CCCO[Si](C(C)C)(C(C)C)C(C)C)nc(-c2ccc3ccoc3c2)c1-c1ccnc(Nc2cc([N+](=O)[O-])c(N3CCN(CCO)CC3)cc2OC)n1. The summed E-state index contributed by atoms with van der Waals surface area (Å²) >= 11 is 0. The number of hydrogen-bond acceptors (Lipinski definition) is 13. The molecule has 1 saturated heterocycles. The predicted octanol–water partition coefficient (Wildman–Crippen LogP) is 8.26. The van der Waals surface area contributed by atoms with Crippen molar-refractivity contribution in [1.82, 2.24) is 24.4 Å². The summed E-state index contributed by atoms with van der Waals surface area (Å²) in [4.78, 5) is 30.9. The van der Waals surface area contributed by atoms with Crippen molar-refractivity contribution >= 4 is 42.3 Å². The van der Waals surface area contributed by atoms with E-state index in [0.29, 0.717) is 90.9 Å². The molecule has 2 aromatic carbocycles. The first-order valence-corrected chi connectivity index (χ1v) is 22.3. The summed E-state index contributed by atoms with van der Waals surface area (Å²) in [5, 5.41) is 26.0. The Morgan fingerprint density at radius 1 is 0.983 bits per heavy atom. The Morgan fingerprint density at radius 3 is 2.38 bits per heavy atom. The zero-order chi connectivity index (χ0) is 41.6. The maximum atomic E-state index is 12.4. The second kappa shape index (κ2) is 18.8. The number of anilines is 3. The highest BCUT2D eigenvalue weighted by molar-refractivity contribution is 6.77. The predicted molar refractivity (Wildman–Crippen MR) is 229 cm³/mol. The largest absolute Gasteiger partial charge is 0.494 e. The quantitative estimate of drug-likeness (QED) is 0.0354. The number of nitrogens with one attached hydrogen (secondary N) is 1. The van der Waals surface area contributed by atoms with Crippen molar-refractivity contribution in [3.8, 4) is 28.4 Å². The van der Waals surface area contributed by atoms with Gasteiger partial charge in [0.15, 0.2) is 8.32 Å². The van der Waals surface area contributed by atoms with Gasteiger partial charge in [-0.1, -0.05) is 53.7 Å². The topological polar surface area (TPSA) is 166 Å².